The third kappa shape index (κ3) is 4.37. The van der Waals surface area contributed by atoms with E-state index in [-0.39, 0.29) is 25.1 Å². The first kappa shape index (κ1) is 13.8. The standard InChI is InChI=1S/C9H13BrN2O.ClH/c10-9-4-3-7(6-12-9)8(11)2-1-5-13;/h3-4,6,8,13H,1-2,5,11H2;1H/t8-;/m1./s1. The lowest BCUT2D eigenvalue weighted by Crippen LogP contribution is -2.10. The van der Waals surface area contributed by atoms with E-state index in [0.29, 0.717) is 0 Å². The second-order valence-corrected chi connectivity index (χ2v) is 3.70. The minimum Gasteiger partial charge on any atom is -0.396 e. The third-order valence-electron chi connectivity index (χ3n) is 1.85. The second kappa shape index (κ2) is 7.17. The highest BCUT2D eigenvalue weighted by Crippen LogP contribution is 2.16. The predicted molar refractivity (Wildman–Crippen MR) is 62.4 cm³/mol. The van der Waals surface area contributed by atoms with Gasteiger partial charge in [-0.2, -0.15) is 0 Å². The van der Waals surface area contributed by atoms with Gasteiger partial charge in [0.25, 0.3) is 0 Å². The molecular formula is C9H14BrClN2O. The van der Waals surface area contributed by atoms with E-state index >= 15 is 0 Å². The van der Waals surface area contributed by atoms with Crippen molar-refractivity contribution in [2.24, 2.45) is 5.73 Å². The van der Waals surface area contributed by atoms with Crippen LogP contribution in [0.2, 0.25) is 0 Å². The van der Waals surface area contributed by atoms with Gasteiger partial charge in [-0.1, -0.05) is 6.07 Å². The lowest BCUT2D eigenvalue weighted by Gasteiger charge is -2.10. The van der Waals surface area contributed by atoms with Crippen molar-refractivity contribution in [3.05, 3.63) is 28.5 Å². The summed E-state index contributed by atoms with van der Waals surface area (Å²) in [6.45, 7) is 0.192. The summed E-state index contributed by atoms with van der Waals surface area (Å²) < 4.78 is 0.811. The van der Waals surface area contributed by atoms with Crippen LogP contribution >= 0.6 is 28.3 Å². The summed E-state index contributed by atoms with van der Waals surface area (Å²) >= 11 is 3.26. The Balaban J connectivity index is 0.00000169. The van der Waals surface area contributed by atoms with Crippen LogP contribution in [0.25, 0.3) is 0 Å². The fourth-order valence-corrected chi connectivity index (χ4v) is 1.32. The molecule has 0 bridgehead atoms. The zero-order valence-electron chi connectivity index (χ0n) is 7.69. The number of nitrogens with two attached hydrogens (primary N) is 1. The van der Waals surface area contributed by atoms with Crippen molar-refractivity contribution < 1.29 is 5.11 Å². The summed E-state index contributed by atoms with van der Waals surface area (Å²) in [7, 11) is 0. The van der Waals surface area contributed by atoms with Crippen molar-refractivity contribution in [3.8, 4) is 0 Å². The van der Waals surface area contributed by atoms with Crippen molar-refractivity contribution in [3.63, 3.8) is 0 Å². The first-order chi connectivity index (χ1) is 6.24. The van der Waals surface area contributed by atoms with E-state index in [4.69, 9.17) is 10.8 Å². The number of nitrogens with zero attached hydrogens (tertiary/aromatic N) is 1. The van der Waals surface area contributed by atoms with Crippen LogP contribution in [-0.2, 0) is 0 Å². The molecule has 0 aliphatic carbocycles. The van der Waals surface area contributed by atoms with Crippen molar-refractivity contribution in [1.82, 2.24) is 4.98 Å². The van der Waals surface area contributed by atoms with Crippen molar-refractivity contribution in [2.45, 2.75) is 18.9 Å². The molecule has 5 heteroatoms. The fraction of sp³-hybridized carbons (Fsp3) is 0.444. The highest BCUT2D eigenvalue weighted by atomic mass is 79.9. The van der Waals surface area contributed by atoms with Crippen LogP contribution in [0.1, 0.15) is 24.4 Å². The molecule has 1 heterocycles. The number of hydrogen-bond donors (Lipinski definition) is 2. The summed E-state index contributed by atoms with van der Waals surface area (Å²) in [5.74, 6) is 0. The maximum Gasteiger partial charge on any atom is 0.106 e. The van der Waals surface area contributed by atoms with E-state index in [1.165, 1.54) is 0 Å². The first-order valence-corrected chi connectivity index (χ1v) is 5.01. The highest BCUT2D eigenvalue weighted by Gasteiger charge is 2.04. The van der Waals surface area contributed by atoms with Crippen molar-refractivity contribution >= 4 is 28.3 Å². The van der Waals surface area contributed by atoms with Crippen molar-refractivity contribution in [2.75, 3.05) is 6.61 Å². The van der Waals surface area contributed by atoms with Gasteiger partial charge in [0.1, 0.15) is 4.60 Å². The van der Waals surface area contributed by atoms with Crippen LogP contribution in [-0.4, -0.2) is 16.7 Å². The molecule has 0 saturated carbocycles. The Bertz CT molecular complexity index is 255. The topological polar surface area (TPSA) is 59.1 Å². The molecule has 80 valence electrons. The number of pyridine rings is 1. The number of aromatic nitrogens is 1. The Hall–Kier alpha value is -0.160. The van der Waals surface area contributed by atoms with Crippen LogP contribution in [0.15, 0.2) is 22.9 Å². The minimum absolute atomic E-state index is 0. The SMILES string of the molecule is Cl.N[C@H](CCCO)c1ccc(Br)nc1. The molecule has 0 radical (unpaired) electrons. The summed E-state index contributed by atoms with van der Waals surface area (Å²) in [6, 6.07) is 3.79. The van der Waals surface area contributed by atoms with E-state index in [9.17, 15) is 0 Å². The average molecular weight is 282 g/mol. The molecule has 0 aliphatic rings. The highest BCUT2D eigenvalue weighted by molar-refractivity contribution is 9.10. The lowest BCUT2D eigenvalue weighted by atomic mass is 10.1. The van der Waals surface area contributed by atoms with Gasteiger partial charge >= 0.3 is 0 Å². The zero-order valence-corrected chi connectivity index (χ0v) is 10.1. The summed E-state index contributed by atoms with van der Waals surface area (Å²) in [4.78, 5) is 4.08. The Morgan fingerprint density at radius 1 is 1.50 bits per heavy atom. The third-order valence-corrected chi connectivity index (χ3v) is 2.32. The second-order valence-electron chi connectivity index (χ2n) is 2.89. The van der Waals surface area contributed by atoms with E-state index in [0.717, 1.165) is 23.0 Å². The molecule has 0 spiro atoms. The quantitative estimate of drug-likeness (QED) is 0.830. The van der Waals surface area contributed by atoms with E-state index in [1.54, 1.807) is 6.20 Å². The normalized spacial score (nSPS) is 11.9. The molecule has 3 N–H and O–H groups in total. The molecule has 0 aromatic carbocycles. The van der Waals surface area contributed by atoms with Gasteiger partial charge in [0.2, 0.25) is 0 Å². The maximum absolute atomic E-state index is 8.63. The zero-order chi connectivity index (χ0) is 9.68. The molecule has 3 nitrogen and oxygen atoms in total. The van der Waals surface area contributed by atoms with Crippen molar-refractivity contribution in [1.29, 1.82) is 0 Å². The average Bonchev–Trinajstić information content (AvgIpc) is 2.15. The molecular weight excluding hydrogens is 267 g/mol. The monoisotopic (exact) mass is 280 g/mol. The Labute approximate surface area is 98.3 Å². The van der Waals surface area contributed by atoms with Crippen LogP contribution < -0.4 is 5.73 Å². The van der Waals surface area contributed by atoms with Crippen LogP contribution in [0.5, 0.6) is 0 Å². The number of halogens is 2. The smallest absolute Gasteiger partial charge is 0.106 e. The number of hydrogen-bond acceptors (Lipinski definition) is 3. The van der Waals surface area contributed by atoms with E-state index in [1.807, 2.05) is 12.1 Å². The van der Waals surface area contributed by atoms with Crippen LogP contribution in [0, 0.1) is 0 Å². The van der Waals surface area contributed by atoms with E-state index < -0.39 is 0 Å². The summed E-state index contributed by atoms with van der Waals surface area (Å²) in [5.41, 5.74) is 6.88. The van der Waals surface area contributed by atoms with Crippen LogP contribution in [0.4, 0.5) is 0 Å². The molecule has 0 aliphatic heterocycles. The van der Waals surface area contributed by atoms with Gasteiger partial charge in [-0.05, 0) is 40.4 Å². The molecule has 0 unspecified atom stereocenters. The predicted octanol–water partition coefficient (Wildman–Crippen LogP) is 2.04. The molecule has 1 aromatic heterocycles. The fourth-order valence-electron chi connectivity index (χ4n) is 1.08. The largest absolute Gasteiger partial charge is 0.396 e. The van der Waals surface area contributed by atoms with Gasteiger partial charge in [-0.25, -0.2) is 4.98 Å². The molecule has 1 atom stereocenters. The molecule has 0 amide bonds. The first-order valence-electron chi connectivity index (χ1n) is 4.22. The number of aliphatic hydroxyl groups excluding tert-OH is 1. The Morgan fingerprint density at radius 3 is 2.71 bits per heavy atom. The van der Waals surface area contributed by atoms with Gasteiger partial charge in [0.15, 0.2) is 0 Å². The lowest BCUT2D eigenvalue weighted by molar-refractivity contribution is 0.280. The maximum atomic E-state index is 8.63. The van der Waals surface area contributed by atoms with Gasteiger partial charge in [-0.3, -0.25) is 0 Å². The summed E-state index contributed by atoms with van der Waals surface area (Å²) in [6.07, 6.45) is 3.28. The van der Waals surface area contributed by atoms with Gasteiger partial charge < -0.3 is 10.8 Å². The number of aliphatic hydroxyl groups is 1. The molecule has 1 aromatic rings. The van der Waals surface area contributed by atoms with Gasteiger partial charge in [0, 0.05) is 18.8 Å². The molecule has 1 rings (SSSR count). The van der Waals surface area contributed by atoms with Gasteiger partial charge in [0.05, 0.1) is 0 Å². The number of rotatable bonds is 4. The van der Waals surface area contributed by atoms with Gasteiger partial charge in [-0.15, -0.1) is 12.4 Å². The molecule has 14 heavy (non-hydrogen) atoms. The minimum atomic E-state index is -0.0206. The summed E-state index contributed by atoms with van der Waals surface area (Å²) in [5, 5.41) is 8.63. The van der Waals surface area contributed by atoms with Crippen LogP contribution in [0.3, 0.4) is 0 Å². The molecule has 0 fully saturated rings. The Morgan fingerprint density at radius 2 is 2.21 bits per heavy atom. The van der Waals surface area contributed by atoms with E-state index in [2.05, 4.69) is 20.9 Å². The molecule has 0 saturated heterocycles. The Kier molecular flexibility index (Phi) is 7.09.